The van der Waals surface area contributed by atoms with Crippen LogP contribution in [-0.2, 0) is 24.5 Å². The van der Waals surface area contributed by atoms with Crippen molar-refractivity contribution in [2.24, 2.45) is 0 Å². The van der Waals surface area contributed by atoms with Crippen molar-refractivity contribution in [2.75, 3.05) is 19.8 Å². The summed E-state index contributed by atoms with van der Waals surface area (Å²) in [4.78, 5) is 15.5. The van der Waals surface area contributed by atoms with Crippen LogP contribution >= 0.6 is 7.60 Å². The van der Waals surface area contributed by atoms with E-state index in [1.54, 1.807) is 32.9 Å². The molecule has 0 aliphatic carbocycles. The van der Waals surface area contributed by atoms with Crippen molar-refractivity contribution in [3.05, 3.63) is 29.6 Å². The molecule has 0 amide bonds. The second kappa shape index (κ2) is 8.15. The van der Waals surface area contributed by atoms with E-state index >= 15 is 0 Å². The predicted octanol–water partition coefficient (Wildman–Crippen LogP) is 3.02. The number of carbonyl (C=O) groups excluding carboxylic acids is 1. The van der Waals surface area contributed by atoms with E-state index in [2.05, 4.69) is 4.98 Å². The second-order valence-corrected chi connectivity index (χ2v) is 5.93. The topological polar surface area (TPSA) is 74.7 Å². The number of hydrogen-bond acceptors (Lipinski definition) is 6. The summed E-state index contributed by atoms with van der Waals surface area (Å²) >= 11 is 0. The minimum Gasteiger partial charge on any atom is -0.461 e. The molecule has 1 rings (SSSR count). The van der Waals surface area contributed by atoms with E-state index in [4.69, 9.17) is 13.8 Å². The van der Waals surface area contributed by atoms with Crippen molar-refractivity contribution in [3.63, 3.8) is 0 Å². The summed E-state index contributed by atoms with van der Waals surface area (Å²) in [5, 5.41) is 0. The van der Waals surface area contributed by atoms with Gasteiger partial charge < -0.3 is 13.8 Å². The highest BCUT2D eigenvalue weighted by Gasteiger charge is 2.24. The molecule has 1 aromatic rings. The predicted molar refractivity (Wildman–Crippen MR) is 74.8 cm³/mol. The number of nitrogens with zero attached hydrogens (tertiary/aromatic N) is 1. The van der Waals surface area contributed by atoms with E-state index in [-0.39, 0.29) is 18.5 Å². The Hall–Kier alpha value is -1.23. The molecule has 112 valence electrons. The molecule has 6 nitrogen and oxygen atoms in total. The van der Waals surface area contributed by atoms with Crippen molar-refractivity contribution < 1.29 is 23.1 Å². The summed E-state index contributed by atoms with van der Waals surface area (Å²) in [6.07, 6.45) is 1.58. The molecule has 1 heterocycles. The lowest BCUT2D eigenvalue weighted by Crippen LogP contribution is -2.08. The van der Waals surface area contributed by atoms with Crippen molar-refractivity contribution in [3.8, 4) is 0 Å². The summed E-state index contributed by atoms with van der Waals surface area (Å²) in [6, 6.07) is 3.22. The molecule has 0 atom stereocenters. The highest BCUT2D eigenvalue weighted by molar-refractivity contribution is 7.53. The van der Waals surface area contributed by atoms with Gasteiger partial charge in [-0.3, -0.25) is 4.57 Å². The summed E-state index contributed by atoms with van der Waals surface area (Å²) in [5.41, 5.74) is 0.845. The van der Waals surface area contributed by atoms with Crippen LogP contribution in [0, 0.1) is 0 Å². The third kappa shape index (κ3) is 5.04. The number of pyridine rings is 1. The fraction of sp³-hybridized carbons (Fsp3) is 0.538. The van der Waals surface area contributed by atoms with E-state index in [0.29, 0.717) is 18.8 Å². The molecule has 0 spiro atoms. The molecule has 0 aromatic carbocycles. The van der Waals surface area contributed by atoms with E-state index in [1.165, 1.54) is 6.20 Å². The second-order valence-electron chi connectivity index (χ2n) is 3.87. The first-order valence-corrected chi connectivity index (χ1v) is 8.27. The molecule has 0 radical (unpaired) electrons. The van der Waals surface area contributed by atoms with Gasteiger partial charge in [0.05, 0.1) is 26.0 Å². The Morgan fingerprint density at radius 3 is 2.40 bits per heavy atom. The molecular weight excluding hydrogens is 283 g/mol. The smallest absolute Gasteiger partial charge is 0.356 e. The minimum atomic E-state index is -3.19. The monoisotopic (exact) mass is 303 g/mol. The summed E-state index contributed by atoms with van der Waals surface area (Å²) in [5.74, 6) is -0.503. The largest absolute Gasteiger partial charge is 0.461 e. The number of hydrogen-bond donors (Lipinski definition) is 0. The first-order valence-electron chi connectivity index (χ1n) is 6.54. The van der Waals surface area contributed by atoms with Gasteiger partial charge in [0.25, 0.3) is 0 Å². The zero-order chi connectivity index (χ0) is 15.0. The molecule has 20 heavy (non-hydrogen) atoms. The maximum atomic E-state index is 12.4. The average molecular weight is 303 g/mol. The Morgan fingerprint density at radius 2 is 1.85 bits per heavy atom. The molecule has 0 fully saturated rings. The van der Waals surface area contributed by atoms with Crippen molar-refractivity contribution in [2.45, 2.75) is 26.9 Å². The zero-order valence-corrected chi connectivity index (χ0v) is 12.9. The molecule has 0 bridgehead atoms. The highest BCUT2D eigenvalue weighted by Crippen LogP contribution is 2.51. The van der Waals surface area contributed by atoms with Crippen molar-refractivity contribution >= 4 is 13.6 Å². The maximum absolute atomic E-state index is 12.4. The van der Waals surface area contributed by atoms with Crippen LogP contribution in [-0.4, -0.2) is 30.8 Å². The van der Waals surface area contributed by atoms with Crippen molar-refractivity contribution in [1.82, 2.24) is 4.98 Å². The number of aromatic nitrogens is 1. The van der Waals surface area contributed by atoms with Crippen LogP contribution in [0.3, 0.4) is 0 Å². The Balaban J connectivity index is 2.88. The van der Waals surface area contributed by atoms with Crippen LogP contribution in [0.4, 0.5) is 0 Å². The van der Waals surface area contributed by atoms with E-state index in [0.717, 1.165) is 0 Å². The summed E-state index contributed by atoms with van der Waals surface area (Å²) < 4.78 is 27.7. The quantitative estimate of drug-likeness (QED) is 0.543. The van der Waals surface area contributed by atoms with Gasteiger partial charge in [0.1, 0.15) is 5.69 Å². The van der Waals surface area contributed by atoms with Gasteiger partial charge in [-0.2, -0.15) is 0 Å². The minimum absolute atomic E-state index is 0.101. The molecule has 1 aromatic heterocycles. The van der Waals surface area contributed by atoms with Crippen molar-refractivity contribution in [1.29, 1.82) is 0 Å². The molecule has 0 saturated heterocycles. The number of ether oxygens (including phenoxy) is 1. The molecule has 7 heteroatoms. The van der Waals surface area contributed by atoms with Crippen LogP contribution in [0.25, 0.3) is 0 Å². The summed E-state index contributed by atoms with van der Waals surface area (Å²) in [6.45, 7) is 6.10. The number of rotatable bonds is 8. The molecule has 0 N–H and O–H groups in total. The first kappa shape index (κ1) is 16.8. The number of carbonyl (C=O) groups is 1. The van der Waals surface area contributed by atoms with Crippen LogP contribution in [0.1, 0.15) is 36.8 Å². The van der Waals surface area contributed by atoms with Gasteiger partial charge in [-0.25, -0.2) is 9.78 Å². The average Bonchev–Trinajstić information content (AvgIpc) is 2.39. The lowest BCUT2D eigenvalue weighted by atomic mass is 10.3. The van der Waals surface area contributed by atoms with Gasteiger partial charge in [-0.05, 0) is 38.5 Å². The highest BCUT2D eigenvalue weighted by atomic mass is 31.2. The number of esters is 1. The SMILES string of the molecule is CCO[14C](=O)c1cc(CP(=O)(OCC)OCC)ccn1. The van der Waals surface area contributed by atoms with Gasteiger partial charge in [-0.15, -0.1) is 0 Å². The Morgan fingerprint density at radius 1 is 1.20 bits per heavy atom. The zero-order valence-electron chi connectivity index (χ0n) is 12.0. The molecule has 0 saturated carbocycles. The third-order valence-corrected chi connectivity index (χ3v) is 4.39. The Bertz CT molecular complexity index is 481. The van der Waals surface area contributed by atoms with Gasteiger partial charge in [0.15, 0.2) is 0 Å². The van der Waals surface area contributed by atoms with Gasteiger partial charge in [-0.1, -0.05) is 0 Å². The van der Waals surface area contributed by atoms with Gasteiger partial charge in [0, 0.05) is 6.20 Å². The van der Waals surface area contributed by atoms with Crippen LogP contribution in [0.5, 0.6) is 0 Å². The lowest BCUT2D eigenvalue weighted by Gasteiger charge is -2.17. The Labute approximate surface area is 119 Å². The molecule has 0 unspecified atom stereocenters. The Kier molecular flexibility index (Phi) is 6.85. The third-order valence-electron chi connectivity index (χ3n) is 2.34. The molecule has 0 aliphatic rings. The fourth-order valence-corrected chi connectivity index (χ4v) is 3.32. The van der Waals surface area contributed by atoms with Crippen LogP contribution < -0.4 is 0 Å². The van der Waals surface area contributed by atoms with Crippen LogP contribution in [0.2, 0.25) is 0 Å². The maximum Gasteiger partial charge on any atom is 0.356 e. The van der Waals surface area contributed by atoms with Gasteiger partial charge >= 0.3 is 13.6 Å². The fourth-order valence-electron chi connectivity index (χ4n) is 1.63. The first-order chi connectivity index (χ1) is 9.54. The van der Waals surface area contributed by atoms with E-state index < -0.39 is 13.6 Å². The molecule has 0 aliphatic heterocycles. The van der Waals surface area contributed by atoms with Crippen LogP contribution in [0.15, 0.2) is 18.3 Å². The van der Waals surface area contributed by atoms with Gasteiger partial charge in [0.2, 0.25) is 0 Å². The van der Waals surface area contributed by atoms with E-state index in [1.807, 2.05) is 0 Å². The standard InChI is InChI=1S/C13H20NO5P/c1-4-17-13(15)12-9-11(7-8-14-12)10-20(16,18-5-2)19-6-3/h7-9H,4-6,10H2,1-3H3/i13+2. The van der Waals surface area contributed by atoms with E-state index in [9.17, 15) is 9.36 Å². The summed E-state index contributed by atoms with van der Waals surface area (Å²) in [7, 11) is -3.19. The lowest BCUT2D eigenvalue weighted by molar-refractivity contribution is 0.0519. The molecular formula is C13H20NO5P. The normalized spacial score (nSPS) is 11.3.